The summed E-state index contributed by atoms with van der Waals surface area (Å²) in [5.74, 6) is -0.390. The monoisotopic (exact) mass is 254 g/mol. The van der Waals surface area contributed by atoms with Gasteiger partial charge in [-0.1, -0.05) is 30.3 Å². The molecule has 1 amide bonds. The molecular formula is C16H18N2O. The molecule has 0 aromatic heterocycles. The number of primary amides is 1. The largest absolute Gasteiger partial charge is 0.381 e. The Morgan fingerprint density at radius 1 is 1.16 bits per heavy atom. The van der Waals surface area contributed by atoms with E-state index in [0.717, 1.165) is 11.3 Å². The predicted octanol–water partition coefficient (Wildman–Crippen LogP) is 3.01. The van der Waals surface area contributed by atoms with Gasteiger partial charge in [0.05, 0.1) is 0 Å². The zero-order chi connectivity index (χ0) is 13.8. The number of aryl methyl sites for hydroxylation is 2. The van der Waals surface area contributed by atoms with E-state index < -0.39 is 5.91 Å². The van der Waals surface area contributed by atoms with Crippen LogP contribution in [0.15, 0.2) is 42.5 Å². The molecule has 19 heavy (non-hydrogen) atoms. The number of benzene rings is 2. The molecule has 2 rings (SSSR count). The smallest absolute Gasteiger partial charge is 0.249 e. The first-order valence-corrected chi connectivity index (χ1v) is 6.27. The Balaban J connectivity index is 2.19. The van der Waals surface area contributed by atoms with Crippen LogP contribution in [-0.2, 0) is 6.54 Å². The van der Waals surface area contributed by atoms with Gasteiger partial charge >= 0.3 is 0 Å². The van der Waals surface area contributed by atoms with E-state index in [-0.39, 0.29) is 0 Å². The van der Waals surface area contributed by atoms with Crippen molar-refractivity contribution in [3.8, 4) is 0 Å². The first-order valence-electron chi connectivity index (χ1n) is 6.27. The zero-order valence-electron chi connectivity index (χ0n) is 11.2. The van der Waals surface area contributed by atoms with E-state index in [1.54, 1.807) is 6.07 Å². The molecule has 0 bridgehead atoms. The molecule has 0 heterocycles. The predicted molar refractivity (Wildman–Crippen MR) is 78.2 cm³/mol. The number of amides is 1. The summed E-state index contributed by atoms with van der Waals surface area (Å²) in [4.78, 5) is 11.3. The van der Waals surface area contributed by atoms with Crippen LogP contribution >= 0.6 is 0 Å². The number of rotatable bonds is 4. The van der Waals surface area contributed by atoms with Gasteiger partial charge < -0.3 is 11.1 Å². The van der Waals surface area contributed by atoms with Crippen LogP contribution in [-0.4, -0.2) is 5.91 Å². The number of nitrogens with one attached hydrogen (secondary N) is 1. The normalized spacial score (nSPS) is 10.2. The molecule has 2 aromatic rings. The van der Waals surface area contributed by atoms with Gasteiger partial charge in [0.1, 0.15) is 0 Å². The first kappa shape index (κ1) is 13.1. The van der Waals surface area contributed by atoms with Gasteiger partial charge in [0.15, 0.2) is 0 Å². The van der Waals surface area contributed by atoms with Gasteiger partial charge in [-0.15, -0.1) is 0 Å². The highest BCUT2D eigenvalue weighted by Crippen LogP contribution is 2.18. The van der Waals surface area contributed by atoms with Crippen molar-refractivity contribution in [1.29, 1.82) is 0 Å². The van der Waals surface area contributed by atoms with E-state index in [0.29, 0.717) is 12.1 Å². The van der Waals surface area contributed by atoms with Crippen molar-refractivity contribution in [3.05, 3.63) is 64.7 Å². The number of carbonyl (C=O) groups excluding carboxylic acids is 1. The van der Waals surface area contributed by atoms with Crippen molar-refractivity contribution in [2.45, 2.75) is 20.4 Å². The second-order valence-electron chi connectivity index (χ2n) is 4.69. The third kappa shape index (κ3) is 3.13. The van der Waals surface area contributed by atoms with Crippen molar-refractivity contribution < 1.29 is 4.79 Å². The molecule has 0 spiro atoms. The molecule has 3 nitrogen and oxygen atoms in total. The highest BCUT2D eigenvalue weighted by molar-refractivity contribution is 5.94. The van der Waals surface area contributed by atoms with E-state index in [4.69, 9.17) is 5.73 Å². The van der Waals surface area contributed by atoms with E-state index >= 15 is 0 Å². The summed E-state index contributed by atoms with van der Waals surface area (Å²) in [6.45, 7) is 4.70. The van der Waals surface area contributed by atoms with Crippen molar-refractivity contribution in [1.82, 2.24) is 0 Å². The molecular weight excluding hydrogens is 236 g/mol. The second kappa shape index (κ2) is 5.57. The van der Waals surface area contributed by atoms with Crippen LogP contribution < -0.4 is 11.1 Å². The number of hydrogen-bond donors (Lipinski definition) is 2. The van der Waals surface area contributed by atoms with Crippen molar-refractivity contribution >= 4 is 11.6 Å². The minimum Gasteiger partial charge on any atom is -0.381 e. The number of hydrogen-bond acceptors (Lipinski definition) is 2. The summed E-state index contributed by atoms with van der Waals surface area (Å²) >= 11 is 0. The standard InChI is InChI=1S/C16H18N2O/c1-11-7-8-12(2)15(9-11)18-10-13-5-3-4-6-14(13)16(17)19/h3-9,18H,10H2,1-2H3,(H2,17,19). The Bertz CT molecular complexity index is 605. The molecule has 0 aliphatic carbocycles. The van der Waals surface area contributed by atoms with Crippen LogP contribution in [0.5, 0.6) is 0 Å². The van der Waals surface area contributed by atoms with Crippen LogP contribution in [0, 0.1) is 13.8 Å². The maximum atomic E-state index is 11.3. The van der Waals surface area contributed by atoms with Gasteiger partial charge in [-0.05, 0) is 42.7 Å². The molecule has 3 N–H and O–H groups in total. The number of carbonyl (C=O) groups is 1. The second-order valence-corrected chi connectivity index (χ2v) is 4.69. The van der Waals surface area contributed by atoms with Gasteiger partial charge in [0.25, 0.3) is 0 Å². The molecule has 0 saturated carbocycles. The van der Waals surface area contributed by atoms with Gasteiger partial charge in [-0.2, -0.15) is 0 Å². The van der Waals surface area contributed by atoms with Crippen LogP contribution in [0.2, 0.25) is 0 Å². The third-order valence-electron chi connectivity index (χ3n) is 3.15. The fourth-order valence-corrected chi connectivity index (χ4v) is 2.03. The first-order chi connectivity index (χ1) is 9.08. The highest BCUT2D eigenvalue weighted by Gasteiger charge is 2.07. The summed E-state index contributed by atoms with van der Waals surface area (Å²) in [7, 11) is 0. The molecule has 0 radical (unpaired) electrons. The minimum absolute atomic E-state index is 0.390. The summed E-state index contributed by atoms with van der Waals surface area (Å²) in [6, 6.07) is 13.7. The van der Waals surface area contributed by atoms with E-state index in [2.05, 4.69) is 37.4 Å². The van der Waals surface area contributed by atoms with E-state index in [1.807, 2.05) is 18.2 Å². The lowest BCUT2D eigenvalue weighted by molar-refractivity contribution is 0.0999. The van der Waals surface area contributed by atoms with E-state index in [1.165, 1.54) is 11.1 Å². The topological polar surface area (TPSA) is 55.1 Å². The van der Waals surface area contributed by atoms with Crippen molar-refractivity contribution in [2.75, 3.05) is 5.32 Å². The number of anilines is 1. The van der Waals surface area contributed by atoms with Crippen LogP contribution in [0.4, 0.5) is 5.69 Å². The Morgan fingerprint density at radius 3 is 2.63 bits per heavy atom. The van der Waals surface area contributed by atoms with Crippen molar-refractivity contribution in [2.24, 2.45) is 5.73 Å². The molecule has 3 heteroatoms. The third-order valence-corrected chi connectivity index (χ3v) is 3.15. The SMILES string of the molecule is Cc1ccc(C)c(NCc2ccccc2C(N)=O)c1. The molecule has 0 aliphatic heterocycles. The Kier molecular flexibility index (Phi) is 3.85. The molecule has 0 aliphatic rings. The van der Waals surface area contributed by atoms with Gasteiger partial charge in [-0.25, -0.2) is 0 Å². The van der Waals surface area contributed by atoms with Gasteiger partial charge in [-0.3, -0.25) is 4.79 Å². The average Bonchev–Trinajstić information content (AvgIpc) is 2.40. The quantitative estimate of drug-likeness (QED) is 0.881. The lowest BCUT2D eigenvalue weighted by Gasteiger charge is -2.12. The molecule has 0 saturated heterocycles. The van der Waals surface area contributed by atoms with Crippen LogP contribution in [0.3, 0.4) is 0 Å². The minimum atomic E-state index is -0.390. The average molecular weight is 254 g/mol. The lowest BCUT2D eigenvalue weighted by atomic mass is 10.1. The lowest BCUT2D eigenvalue weighted by Crippen LogP contribution is -2.15. The molecule has 2 aromatic carbocycles. The van der Waals surface area contributed by atoms with E-state index in [9.17, 15) is 4.79 Å². The van der Waals surface area contributed by atoms with Crippen LogP contribution in [0.1, 0.15) is 27.0 Å². The highest BCUT2D eigenvalue weighted by atomic mass is 16.1. The Morgan fingerprint density at radius 2 is 1.89 bits per heavy atom. The Labute approximate surface area is 113 Å². The molecule has 0 unspecified atom stereocenters. The molecule has 0 fully saturated rings. The van der Waals surface area contributed by atoms with Gasteiger partial charge in [0, 0.05) is 17.8 Å². The summed E-state index contributed by atoms with van der Waals surface area (Å²) in [5, 5.41) is 3.36. The van der Waals surface area contributed by atoms with Gasteiger partial charge in [0.2, 0.25) is 5.91 Å². The fourth-order valence-electron chi connectivity index (χ4n) is 2.03. The Hall–Kier alpha value is -2.29. The summed E-state index contributed by atoms with van der Waals surface area (Å²) < 4.78 is 0. The molecule has 98 valence electrons. The number of nitrogens with two attached hydrogens (primary N) is 1. The zero-order valence-corrected chi connectivity index (χ0v) is 11.2. The molecule has 0 atom stereocenters. The summed E-state index contributed by atoms with van der Waals surface area (Å²) in [5.41, 5.74) is 10.3. The van der Waals surface area contributed by atoms with Crippen molar-refractivity contribution in [3.63, 3.8) is 0 Å². The maximum absolute atomic E-state index is 11.3. The fraction of sp³-hybridized carbons (Fsp3) is 0.188. The maximum Gasteiger partial charge on any atom is 0.249 e. The van der Waals surface area contributed by atoms with Crippen LogP contribution in [0.25, 0.3) is 0 Å². The summed E-state index contributed by atoms with van der Waals surface area (Å²) in [6.07, 6.45) is 0.